The Hall–Kier alpha value is -1.28. The summed E-state index contributed by atoms with van der Waals surface area (Å²) in [6, 6.07) is 9.77. The van der Waals surface area contributed by atoms with Crippen LogP contribution in [0.3, 0.4) is 0 Å². The van der Waals surface area contributed by atoms with Crippen LogP contribution in [-0.2, 0) is 10.0 Å². The molecule has 0 fully saturated rings. The van der Waals surface area contributed by atoms with Crippen LogP contribution < -0.4 is 16.2 Å². The molecule has 0 heterocycles. The lowest BCUT2D eigenvalue weighted by molar-refractivity contribution is 0.598. The van der Waals surface area contributed by atoms with Crippen LogP contribution in [0.15, 0.2) is 45.8 Å². The molecule has 0 aliphatic heterocycles. The first-order chi connectivity index (χ1) is 9.29. The second kappa shape index (κ2) is 5.61. The highest BCUT2D eigenvalue weighted by atomic mass is 79.9. The van der Waals surface area contributed by atoms with Gasteiger partial charge in [-0.3, -0.25) is 0 Å². The van der Waals surface area contributed by atoms with Gasteiger partial charge in [0.2, 0.25) is 10.0 Å². The summed E-state index contributed by atoms with van der Waals surface area (Å²) in [6.07, 6.45) is 0. The molecule has 0 radical (unpaired) electrons. The highest BCUT2D eigenvalue weighted by molar-refractivity contribution is 9.10. The van der Waals surface area contributed by atoms with Gasteiger partial charge in [0.25, 0.3) is 0 Å². The summed E-state index contributed by atoms with van der Waals surface area (Å²) < 4.78 is 23.3. The molecule has 0 aliphatic rings. The van der Waals surface area contributed by atoms with Gasteiger partial charge in [0.05, 0.1) is 20.9 Å². The van der Waals surface area contributed by atoms with E-state index in [0.717, 1.165) is 5.69 Å². The molecule has 2 aromatic carbocycles. The maximum Gasteiger partial charge on any atom is 0.240 e. The molecule has 0 aliphatic carbocycles. The van der Waals surface area contributed by atoms with Gasteiger partial charge >= 0.3 is 0 Å². The average molecular weight is 377 g/mol. The number of hydrogen-bond donors (Lipinski definition) is 3. The van der Waals surface area contributed by atoms with Crippen molar-refractivity contribution < 1.29 is 8.42 Å². The van der Waals surface area contributed by atoms with Crippen LogP contribution in [0, 0.1) is 0 Å². The van der Waals surface area contributed by atoms with E-state index in [0.29, 0.717) is 15.2 Å². The predicted molar refractivity (Wildman–Crippen MR) is 84.7 cm³/mol. The molecule has 0 unspecified atom stereocenters. The van der Waals surface area contributed by atoms with Gasteiger partial charge in [-0.25, -0.2) is 13.6 Å². The molecule has 0 spiro atoms. The van der Waals surface area contributed by atoms with Crippen molar-refractivity contribution in [2.24, 2.45) is 5.14 Å². The Kier molecular flexibility index (Phi) is 4.24. The largest absolute Gasteiger partial charge is 0.398 e. The minimum atomic E-state index is -3.82. The summed E-state index contributed by atoms with van der Waals surface area (Å²) in [5.74, 6) is 0. The zero-order valence-electron chi connectivity index (χ0n) is 10.1. The monoisotopic (exact) mass is 375 g/mol. The quantitative estimate of drug-likeness (QED) is 0.717. The van der Waals surface area contributed by atoms with Crippen molar-refractivity contribution in [1.82, 2.24) is 0 Å². The summed E-state index contributed by atoms with van der Waals surface area (Å²) in [5, 5.41) is 8.70. The van der Waals surface area contributed by atoms with E-state index in [-0.39, 0.29) is 10.6 Å². The Morgan fingerprint density at radius 2 is 1.90 bits per heavy atom. The van der Waals surface area contributed by atoms with E-state index in [1.165, 1.54) is 12.1 Å². The number of nitrogens with two attached hydrogens (primary N) is 2. The summed E-state index contributed by atoms with van der Waals surface area (Å²) in [6.45, 7) is 0. The van der Waals surface area contributed by atoms with E-state index in [2.05, 4.69) is 21.2 Å². The molecule has 2 rings (SSSR count). The molecule has 0 saturated carbocycles. The minimum Gasteiger partial charge on any atom is -0.398 e. The van der Waals surface area contributed by atoms with Crippen molar-refractivity contribution in [2.75, 3.05) is 11.1 Å². The molecule has 5 N–H and O–H groups in total. The first-order valence-electron chi connectivity index (χ1n) is 5.42. The Morgan fingerprint density at radius 3 is 2.50 bits per heavy atom. The zero-order chi connectivity index (χ0) is 14.9. The van der Waals surface area contributed by atoms with Crippen LogP contribution in [0.1, 0.15) is 0 Å². The summed E-state index contributed by atoms with van der Waals surface area (Å²) in [4.78, 5) is -0.104. The molecule has 0 aromatic heterocycles. The lowest BCUT2D eigenvalue weighted by Gasteiger charge is -2.11. The standard InChI is InChI=1S/C12H11BrClN3O2S/c13-12-8(14)2-1-3-10(12)17-7-4-5-11(9(15)6-7)20(16,18)19/h1-6,17H,15H2,(H2,16,18,19). The molecule has 5 nitrogen and oxygen atoms in total. The normalized spacial score (nSPS) is 11.3. The predicted octanol–water partition coefficient (Wildman–Crippen LogP) is 3.08. The number of rotatable bonds is 3. The summed E-state index contributed by atoms with van der Waals surface area (Å²) >= 11 is 9.35. The average Bonchev–Trinajstić information content (AvgIpc) is 2.33. The van der Waals surface area contributed by atoms with Crippen LogP contribution in [0.4, 0.5) is 17.1 Å². The van der Waals surface area contributed by atoms with Gasteiger partial charge in [-0.2, -0.15) is 0 Å². The van der Waals surface area contributed by atoms with Gasteiger partial charge < -0.3 is 11.1 Å². The van der Waals surface area contributed by atoms with Crippen molar-refractivity contribution in [3.63, 3.8) is 0 Å². The maximum atomic E-state index is 11.3. The first kappa shape index (κ1) is 15.1. The lowest BCUT2D eigenvalue weighted by Crippen LogP contribution is -2.14. The van der Waals surface area contributed by atoms with Crippen LogP contribution >= 0.6 is 27.5 Å². The molecule has 8 heteroatoms. The van der Waals surface area contributed by atoms with Crippen LogP contribution in [0.5, 0.6) is 0 Å². The fourth-order valence-electron chi connectivity index (χ4n) is 1.64. The summed E-state index contributed by atoms with van der Waals surface area (Å²) in [7, 11) is -3.82. The molecule has 0 amide bonds. The van der Waals surface area contributed by atoms with Gasteiger partial charge in [-0.1, -0.05) is 17.7 Å². The third kappa shape index (κ3) is 3.24. The number of halogens is 2. The summed E-state index contributed by atoms with van der Waals surface area (Å²) in [5.41, 5.74) is 7.13. The second-order valence-corrected chi connectivity index (χ2v) is 6.75. The van der Waals surface area contributed by atoms with Crippen molar-refractivity contribution in [2.45, 2.75) is 4.90 Å². The highest BCUT2D eigenvalue weighted by Crippen LogP contribution is 2.33. The van der Waals surface area contributed by atoms with E-state index in [9.17, 15) is 8.42 Å². The zero-order valence-corrected chi connectivity index (χ0v) is 13.3. The molecular weight excluding hydrogens is 366 g/mol. The molecule has 20 heavy (non-hydrogen) atoms. The Labute approximate surface area is 130 Å². The number of sulfonamides is 1. The van der Waals surface area contributed by atoms with E-state index in [1.807, 2.05) is 6.07 Å². The Balaban J connectivity index is 2.36. The Morgan fingerprint density at radius 1 is 1.20 bits per heavy atom. The van der Waals surface area contributed by atoms with Gasteiger partial charge in [0.15, 0.2) is 0 Å². The maximum absolute atomic E-state index is 11.3. The number of hydrogen-bond acceptors (Lipinski definition) is 4. The number of nitrogen functional groups attached to an aromatic ring is 1. The molecule has 0 bridgehead atoms. The molecule has 0 saturated heterocycles. The van der Waals surface area contributed by atoms with Crippen molar-refractivity contribution >= 4 is 54.6 Å². The second-order valence-electron chi connectivity index (χ2n) is 4.02. The van der Waals surface area contributed by atoms with Crippen molar-refractivity contribution in [3.05, 3.63) is 45.9 Å². The van der Waals surface area contributed by atoms with E-state index in [1.54, 1.807) is 18.2 Å². The number of anilines is 3. The van der Waals surface area contributed by atoms with Gasteiger partial charge in [-0.15, -0.1) is 0 Å². The molecular formula is C12H11BrClN3O2S. The fraction of sp³-hybridized carbons (Fsp3) is 0. The van der Waals surface area contributed by atoms with Gasteiger partial charge in [-0.05, 0) is 46.3 Å². The first-order valence-corrected chi connectivity index (χ1v) is 8.14. The topological polar surface area (TPSA) is 98.2 Å². The van der Waals surface area contributed by atoms with E-state index >= 15 is 0 Å². The van der Waals surface area contributed by atoms with E-state index < -0.39 is 10.0 Å². The number of nitrogens with one attached hydrogen (secondary N) is 1. The fourth-order valence-corrected chi connectivity index (χ4v) is 2.82. The molecule has 106 valence electrons. The van der Waals surface area contributed by atoms with Crippen LogP contribution in [0.25, 0.3) is 0 Å². The lowest BCUT2D eigenvalue weighted by atomic mass is 10.2. The third-order valence-electron chi connectivity index (χ3n) is 2.55. The van der Waals surface area contributed by atoms with Gasteiger partial charge in [0.1, 0.15) is 4.90 Å². The van der Waals surface area contributed by atoms with Crippen molar-refractivity contribution in [1.29, 1.82) is 0 Å². The van der Waals surface area contributed by atoms with Crippen molar-refractivity contribution in [3.8, 4) is 0 Å². The van der Waals surface area contributed by atoms with Crippen LogP contribution in [-0.4, -0.2) is 8.42 Å². The molecule has 0 atom stereocenters. The van der Waals surface area contributed by atoms with Crippen LogP contribution in [0.2, 0.25) is 5.02 Å². The Bertz CT molecular complexity index is 765. The SMILES string of the molecule is Nc1cc(Nc2cccc(Cl)c2Br)ccc1S(N)(=O)=O. The molecule has 2 aromatic rings. The number of primary sulfonamides is 1. The van der Waals surface area contributed by atoms with Gasteiger partial charge in [0, 0.05) is 5.69 Å². The number of benzene rings is 2. The smallest absolute Gasteiger partial charge is 0.240 e. The van der Waals surface area contributed by atoms with E-state index in [4.69, 9.17) is 22.5 Å². The third-order valence-corrected chi connectivity index (χ3v) is 4.93. The minimum absolute atomic E-state index is 0.0793. The highest BCUT2D eigenvalue weighted by Gasteiger charge is 2.12.